The Morgan fingerprint density at radius 1 is 0.773 bits per heavy atom. The van der Waals surface area contributed by atoms with E-state index in [0.29, 0.717) is 30.9 Å². The average molecular weight is 947 g/mol. The molecule has 2 amide bonds. The van der Waals surface area contributed by atoms with Crippen LogP contribution in [0.1, 0.15) is 103 Å². The fraction of sp³-hybridized carbons (Fsp3) is 0.510. The third-order valence-corrected chi connectivity index (χ3v) is 15.9. The van der Waals surface area contributed by atoms with Gasteiger partial charge in [0.2, 0.25) is 15.7 Å². The van der Waals surface area contributed by atoms with E-state index in [0.717, 1.165) is 84.0 Å². The lowest BCUT2D eigenvalue weighted by Gasteiger charge is -2.27. The number of unbranched alkanes of at least 4 members (excludes halogenated alkanes) is 2. The Morgan fingerprint density at radius 2 is 1.33 bits per heavy atom. The highest BCUT2D eigenvalue weighted by atomic mass is 32.2. The number of likely N-dealkylation sites (N-methyl/N-ethyl adjacent to an activating group) is 1. The summed E-state index contributed by atoms with van der Waals surface area (Å²) in [5, 5.41) is 0.563. The minimum absolute atomic E-state index is 0.0281. The number of carbonyl (C=O) groups is 3. The summed E-state index contributed by atoms with van der Waals surface area (Å²) in [7, 11) is 3.03. The summed E-state index contributed by atoms with van der Waals surface area (Å²) in [6, 6.07) is 9.90. The minimum atomic E-state index is -4.71. The number of anilines is 2. The van der Waals surface area contributed by atoms with Gasteiger partial charge in [-0.1, -0.05) is 46.3 Å². The highest BCUT2D eigenvalue weighted by molar-refractivity contribution is 7.89. The molecule has 6 rings (SSSR count). The van der Waals surface area contributed by atoms with Gasteiger partial charge in [0.1, 0.15) is 23.7 Å². The van der Waals surface area contributed by atoms with Crippen LogP contribution < -0.4 is 9.80 Å². The Kier molecular flexibility index (Phi) is 15.1. The minimum Gasteiger partial charge on any atom is -0.744 e. The van der Waals surface area contributed by atoms with E-state index in [1.54, 1.807) is 18.2 Å². The van der Waals surface area contributed by atoms with Crippen molar-refractivity contribution >= 4 is 55.0 Å². The maximum Gasteiger partial charge on any atom is 0.333 e. The molecule has 2 aromatic carbocycles. The normalized spacial score (nSPS) is 21.6. The molecule has 0 spiro atoms. The van der Waals surface area contributed by atoms with Crippen LogP contribution in [-0.2, 0) is 50.2 Å². The lowest BCUT2D eigenvalue weighted by molar-refractivity contribution is -0.497. The Hall–Kier alpha value is -4.94. The predicted molar refractivity (Wildman–Crippen MR) is 255 cm³/mol. The number of hydrogen-bond acceptors (Lipinski definition) is 12. The molecule has 17 heteroatoms. The number of amides is 2. The number of hydrogen-bond donors (Lipinski definition) is 0. The third-order valence-electron chi connectivity index (χ3n) is 13.3. The molecule has 4 aliphatic rings. The number of imide groups is 1. The first-order valence-electron chi connectivity index (χ1n) is 22.7. The van der Waals surface area contributed by atoms with E-state index in [1.807, 2.05) is 27.0 Å². The van der Waals surface area contributed by atoms with Gasteiger partial charge in [0, 0.05) is 105 Å². The Bertz CT molecular complexity index is 2640. The first-order valence-corrected chi connectivity index (χ1v) is 25.5. The molecule has 0 unspecified atom stereocenters. The molecule has 3 aliphatic heterocycles. The van der Waals surface area contributed by atoms with Gasteiger partial charge in [0.15, 0.2) is 0 Å². The Labute approximate surface area is 391 Å². The summed E-state index contributed by atoms with van der Waals surface area (Å²) in [6.45, 7) is 10.6. The van der Waals surface area contributed by atoms with Gasteiger partial charge in [-0.15, -0.1) is 5.06 Å². The summed E-state index contributed by atoms with van der Waals surface area (Å²) in [5.74, 6) is -1.68. The first-order chi connectivity index (χ1) is 30.9. The van der Waals surface area contributed by atoms with Crippen LogP contribution in [-0.4, -0.2) is 126 Å². The molecular weight excluding hydrogens is 881 g/mol. The van der Waals surface area contributed by atoms with Crippen molar-refractivity contribution in [3.63, 3.8) is 0 Å². The van der Waals surface area contributed by atoms with Gasteiger partial charge in [0.25, 0.3) is 11.8 Å². The van der Waals surface area contributed by atoms with E-state index >= 15 is 0 Å². The number of hydroxylamine groups is 2. The average Bonchev–Trinajstić information content (AvgIpc) is 3.74. The predicted octanol–water partition coefficient (Wildman–Crippen LogP) is 6.37. The summed E-state index contributed by atoms with van der Waals surface area (Å²) >= 11 is 0. The maximum atomic E-state index is 13.1. The SMILES string of the molecule is CN(C)CCC[N+](C)=C1/C(=C\C=C2/N(CCCCCC(=O)ON3C(=O)CCC3=O)c3ccc(S(=O)(=O)[O-])cc3C2(C)C)CCC/C1=C\C=C1/N(C)c2ccc(S(=O)(=O)N(C)C)cc2C1(C)C. The zero-order valence-electron chi connectivity index (χ0n) is 40.1. The van der Waals surface area contributed by atoms with E-state index < -0.39 is 48.8 Å². The number of sulfonamides is 1. The molecule has 0 atom stereocenters. The monoisotopic (exact) mass is 946 g/mol. The summed E-state index contributed by atoms with van der Waals surface area (Å²) < 4.78 is 66.5. The number of allylic oxidation sites excluding steroid dienone is 8. The molecule has 3 heterocycles. The van der Waals surface area contributed by atoms with Crippen LogP contribution >= 0.6 is 0 Å². The van der Waals surface area contributed by atoms with Crippen LogP contribution in [0.2, 0.25) is 0 Å². The second-order valence-electron chi connectivity index (χ2n) is 19.2. The Balaban J connectivity index is 1.33. The van der Waals surface area contributed by atoms with Crippen molar-refractivity contribution in [1.29, 1.82) is 0 Å². The molecule has 0 radical (unpaired) electrons. The molecule has 358 valence electrons. The zero-order chi connectivity index (χ0) is 48.5. The maximum absolute atomic E-state index is 13.1. The van der Waals surface area contributed by atoms with Crippen LogP contribution in [0.3, 0.4) is 0 Å². The summed E-state index contributed by atoms with van der Waals surface area (Å²) in [5.41, 5.74) is 7.76. The van der Waals surface area contributed by atoms with Crippen LogP contribution in [0.5, 0.6) is 0 Å². The molecule has 1 saturated heterocycles. The number of nitrogens with zero attached hydrogens (tertiary/aromatic N) is 6. The number of rotatable bonds is 16. The van der Waals surface area contributed by atoms with Crippen molar-refractivity contribution in [2.24, 2.45) is 0 Å². The molecule has 2 fully saturated rings. The number of carbonyl (C=O) groups excluding carboxylic acids is 3. The van der Waals surface area contributed by atoms with Crippen LogP contribution in [0.15, 0.2) is 93.0 Å². The molecular formula is C49H66N6O9S2. The molecule has 66 heavy (non-hydrogen) atoms. The summed E-state index contributed by atoms with van der Waals surface area (Å²) in [6.07, 6.45) is 14.1. The van der Waals surface area contributed by atoms with E-state index in [4.69, 9.17) is 4.84 Å². The van der Waals surface area contributed by atoms with Crippen LogP contribution in [0.25, 0.3) is 0 Å². The largest absolute Gasteiger partial charge is 0.744 e. The van der Waals surface area contributed by atoms with Gasteiger partial charge in [0.05, 0.1) is 9.79 Å². The smallest absolute Gasteiger partial charge is 0.333 e. The lowest BCUT2D eigenvalue weighted by Crippen LogP contribution is -2.32. The fourth-order valence-corrected chi connectivity index (χ4v) is 11.0. The Morgan fingerprint density at radius 3 is 1.94 bits per heavy atom. The topological polar surface area (TPSA) is 171 Å². The highest BCUT2D eigenvalue weighted by Crippen LogP contribution is 2.50. The van der Waals surface area contributed by atoms with Crippen molar-refractivity contribution in [1.82, 2.24) is 14.3 Å². The zero-order valence-corrected chi connectivity index (χ0v) is 41.8. The molecule has 15 nitrogen and oxygen atoms in total. The molecule has 0 bridgehead atoms. The van der Waals surface area contributed by atoms with Crippen molar-refractivity contribution in [2.75, 3.05) is 71.7 Å². The van der Waals surface area contributed by atoms with Gasteiger partial charge in [-0.3, -0.25) is 9.59 Å². The molecule has 0 aromatic heterocycles. The van der Waals surface area contributed by atoms with Crippen molar-refractivity contribution in [3.05, 3.63) is 94.4 Å². The second kappa shape index (κ2) is 19.7. The van der Waals surface area contributed by atoms with Gasteiger partial charge in [-0.05, 0) is 106 Å². The van der Waals surface area contributed by atoms with Gasteiger partial charge in [-0.25, -0.2) is 30.5 Å². The quantitative estimate of drug-likeness (QED) is 0.0790. The third kappa shape index (κ3) is 10.4. The lowest BCUT2D eigenvalue weighted by atomic mass is 9.82. The standard InChI is InChI=1S/C49H66N6O9S2/c1-48(2)38-32-36(65(59,60)51(7)8)21-23-40(38)53(10)42(48)25-19-34-16-14-17-35(47(34)52(9)30-15-29-50(5)6)20-26-43-49(3,4)39-33-37(66(61,62)63)22-24-41(39)54(43)31-13-11-12-18-46(58)64-55-44(56)27-28-45(55)57/h19-26,32-33H,11-18,27-31H2,1-10H3. The number of fused-ring (bicyclic) bond motifs is 2. The van der Waals surface area contributed by atoms with Gasteiger partial charge >= 0.3 is 5.97 Å². The van der Waals surface area contributed by atoms with E-state index in [1.165, 1.54) is 36.1 Å². The van der Waals surface area contributed by atoms with E-state index in [2.05, 4.69) is 78.6 Å². The highest BCUT2D eigenvalue weighted by Gasteiger charge is 2.42. The molecule has 1 saturated carbocycles. The first kappa shape index (κ1) is 50.5. The van der Waals surface area contributed by atoms with E-state index in [-0.39, 0.29) is 29.1 Å². The van der Waals surface area contributed by atoms with E-state index in [9.17, 15) is 35.8 Å². The second-order valence-corrected chi connectivity index (χ2v) is 22.7. The van der Waals surface area contributed by atoms with Crippen molar-refractivity contribution in [3.8, 4) is 0 Å². The van der Waals surface area contributed by atoms with Crippen LogP contribution in [0.4, 0.5) is 11.4 Å². The fourth-order valence-electron chi connectivity index (χ4n) is 9.58. The molecule has 1 aliphatic carbocycles. The van der Waals surface area contributed by atoms with Crippen molar-refractivity contribution in [2.45, 2.75) is 113 Å². The molecule has 2 aromatic rings. The van der Waals surface area contributed by atoms with Gasteiger partial charge in [-0.2, -0.15) is 0 Å². The van der Waals surface area contributed by atoms with Crippen LogP contribution in [0, 0.1) is 0 Å². The van der Waals surface area contributed by atoms with Gasteiger partial charge < -0.3 is 24.1 Å². The summed E-state index contributed by atoms with van der Waals surface area (Å²) in [4.78, 5) is 47.8. The number of benzene rings is 2. The molecule has 0 N–H and O–H groups in total. The van der Waals surface area contributed by atoms with Crippen molar-refractivity contribution < 1.29 is 45.2 Å².